The van der Waals surface area contributed by atoms with Gasteiger partial charge >= 0.3 is 6.18 Å². The van der Waals surface area contributed by atoms with Crippen molar-refractivity contribution >= 4 is 11.6 Å². The topological polar surface area (TPSA) is 69.0 Å². The number of aromatic nitrogens is 3. The van der Waals surface area contributed by atoms with Crippen LogP contribution in [0, 0.1) is 13.8 Å². The zero-order chi connectivity index (χ0) is 20.3. The van der Waals surface area contributed by atoms with Crippen molar-refractivity contribution in [1.29, 1.82) is 0 Å². The molecule has 1 aromatic carbocycles. The number of anilines is 1. The molecule has 6 nitrogen and oxygen atoms in total. The first-order valence-electron chi connectivity index (χ1n) is 8.31. The van der Waals surface area contributed by atoms with E-state index in [4.69, 9.17) is 4.74 Å². The maximum atomic E-state index is 12.8. The van der Waals surface area contributed by atoms with Crippen LogP contribution in [0.5, 0.6) is 5.75 Å². The van der Waals surface area contributed by atoms with Gasteiger partial charge in [-0.05, 0) is 44.2 Å². The summed E-state index contributed by atoms with van der Waals surface area (Å²) >= 11 is 0. The van der Waals surface area contributed by atoms with Crippen LogP contribution in [0.3, 0.4) is 0 Å². The van der Waals surface area contributed by atoms with E-state index in [1.54, 1.807) is 32.2 Å². The zero-order valence-corrected chi connectivity index (χ0v) is 15.1. The Morgan fingerprint density at radius 3 is 2.68 bits per heavy atom. The predicted molar refractivity (Wildman–Crippen MR) is 96.0 cm³/mol. The van der Waals surface area contributed by atoms with Gasteiger partial charge in [-0.1, -0.05) is 6.07 Å². The maximum Gasteiger partial charge on any atom is 0.416 e. The number of hydrogen-bond donors (Lipinski definition) is 1. The summed E-state index contributed by atoms with van der Waals surface area (Å²) < 4.78 is 45.3. The molecule has 0 aliphatic carbocycles. The van der Waals surface area contributed by atoms with Gasteiger partial charge < -0.3 is 10.1 Å². The van der Waals surface area contributed by atoms with E-state index >= 15 is 0 Å². The Morgan fingerprint density at radius 1 is 1.21 bits per heavy atom. The van der Waals surface area contributed by atoms with Crippen molar-refractivity contribution in [2.75, 3.05) is 5.32 Å². The highest BCUT2D eigenvalue weighted by Gasteiger charge is 2.30. The summed E-state index contributed by atoms with van der Waals surface area (Å²) in [5.41, 5.74) is 1.29. The largest absolute Gasteiger partial charge is 0.471 e. The minimum absolute atomic E-state index is 0.0725. The summed E-state index contributed by atoms with van der Waals surface area (Å²) in [6, 6.07) is 7.90. The minimum atomic E-state index is -4.44. The number of benzene rings is 1. The summed E-state index contributed by atoms with van der Waals surface area (Å²) in [4.78, 5) is 16.2. The van der Waals surface area contributed by atoms with Gasteiger partial charge in [0.15, 0.2) is 6.73 Å². The molecule has 0 fully saturated rings. The number of carbonyl (C=O) groups is 1. The fraction of sp³-hybridized carbons (Fsp3) is 0.211. The summed E-state index contributed by atoms with van der Waals surface area (Å²) in [6.45, 7) is 3.34. The molecule has 2 aromatic heterocycles. The summed E-state index contributed by atoms with van der Waals surface area (Å²) in [5, 5.41) is 7.06. The number of rotatable bonds is 5. The molecule has 0 aliphatic rings. The molecule has 0 atom stereocenters. The van der Waals surface area contributed by atoms with Crippen LogP contribution in [0.25, 0.3) is 0 Å². The Hall–Kier alpha value is -3.36. The standard InChI is InChI=1S/C19H17F3N4O2/c1-12-17(24-18(27)14-5-4-8-23-10-14)13(2)26(25-12)11-28-16-7-3-6-15(9-16)19(20,21)22/h3-10H,11H2,1-2H3,(H,24,27). The molecular weight excluding hydrogens is 373 g/mol. The number of nitrogens with zero attached hydrogens (tertiary/aromatic N) is 3. The van der Waals surface area contributed by atoms with E-state index in [-0.39, 0.29) is 18.4 Å². The summed E-state index contributed by atoms with van der Waals surface area (Å²) in [6.07, 6.45) is -1.43. The Labute approximate surface area is 159 Å². The summed E-state index contributed by atoms with van der Waals surface area (Å²) in [5.74, 6) is -0.263. The number of aryl methyl sites for hydroxylation is 1. The fourth-order valence-corrected chi connectivity index (χ4v) is 2.58. The maximum absolute atomic E-state index is 12.8. The lowest BCUT2D eigenvalue weighted by Crippen LogP contribution is -2.14. The number of hydrogen-bond acceptors (Lipinski definition) is 4. The average Bonchev–Trinajstić information content (AvgIpc) is 2.94. The van der Waals surface area contributed by atoms with Crippen LogP contribution in [0.4, 0.5) is 18.9 Å². The number of pyridine rings is 1. The smallest absolute Gasteiger partial charge is 0.416 e. The van der Waals surface area contributed by atoms with Crippen LogP contribution in [-0.4, -0.2) is 20.7 Å². The van der Waals surface area contributed by atoms with E-state index in [1.807, 2.05) is 0 Å². The Kier molecular flexibility index (Phi) is 5.34. The van der Waals surface area contributed by atoms with E-state index in [1.165, 1.54) is 23.0 Å². The van der Waals surface area contributed by atoms with Crippen LogP contribution in [-0.2, 0) is 12.9 Å². The van der Waals surface area contributed by atoms with Crippen LogP contribution in [0.2, 0.25) is 0 Å². The molecule has 0 unspecified atom stereocenters. The Morgan fingerprint density at radius 2 is 2.00 bits per heavy atom. The van der Waals surface area contributed by atoms with E-state index in [9.17, 15) is 18.0 Å². The second-order valence-corrected chi connectivity index (χ2v) is 6.04. The summed E-state index contributed by atoms with van der Waals surface area (Å²) in [7, 11) is 0. The zero-order valence-electron chi connectivity index (χ0n) is 15.1. The number of nitrogens with one attached hydrogen (secondary N) is 1. The van der Waals surface area contributed by atoms with Crippen molar-refractivity contribution < 1.29 is 22.7 Å². The molecule has 0 radical (unpaired) electrons. The van der Waals surface area contributed by atoms with Gasteiger partial charge in [-0.25, -0.2) is 4.68 Å². The second kappa shape index (κ2) is 7.71. The normalized spacial score (nSPS) is 11.3. The molecule has 0 bridgehead atoms. The van der Waals surface area contributed by atoms with Gasteiger partial charge in [0.25, 0.3) is 5.91 Å². The molecule has 1 amide bonds. The molecule has 3 aromatic rings. The number of ether oxygens (including phenoxy) is 1. The lowest BCUT2D eigenvalue weighted by Gasteiger charge is -2.11. The monoisotopic (exact) mass is 390 g/mol. The molecule has 2 heterocycles. The molecule has 3 rings (SSSR count). The Bertz CT molecular complexity index is 985. The fourth-order valence-electron chi connectivity index (χ4n) is 2.58. The number of amides is 1. The lowest BCUT2D eigenvalue weighted by molar-refractivity contribution is -0.137. The third-order valence-corrected chi connectivity index (χ3v) is 4.06. The molecule has 0 spiro atoms. The van der Waals surface area contributed by atoms with Gasteiger partial charge in [-0.3, -0.25) is 9.78 Å². The minimum Gasteiger partial charge on any atom is -0.471 e. The molecule has 0 aliphatic heterocycles. The molecule has 9 heteroatoms. The molecule has 1 N–H and O–H groups in total. The van der Waals surface area contributed by atoms with Crippen LogP contribution in [0.1, 0.15) is 27.3 Å². The number of alkyl halides is 3. The van der Waals surface area contributed by atoms with Crippen LogP contribution >= 0.6 is 0 Å². The van der Waals surface area contributed by atoms with Crippen molar-refractivity contribution in [2.45, 2.75) is 26.8 Å². The number of carbonyl (C=O) groups excluding carboxylic acids is 1. The van der Waals surface area contributed by atoms with E-state index in [0.29, 0.717) is 22.6 Å². The molecule has 28 heavy (non-hydrogen) atoms. The predicted octanol–water partition coefficient (Wildman–Crippen LogP) is 4.20. The first-order valence-corrected chi connectivity index (χ1v) is 8.31. The van der Waals surface area contributed by atoms with Gasteiger partial charge in [0, 0.05) is 12.4 Å². The Balaban J connectivity index is 1.73. The first kappa shape index (κ1) is 19.4. The third-order valence-electron chi connectivity index (χ3n) is 4.06. The van der Waals surface area contributed by atoms with Crippen molar-refractivity contribution in [3.05, 3.63) is 71.3 Å². The van der Waals surface area contributed by atoms with Crippen LogP contribution in [0.15, 0.2) is 48.8 Å². The SMILES string of the molecule is Cc1nn(COc2cccc(C(F)(F)F)c2)c(C)c1NC(=O)c1cccnc1. The van der Waals surface area contributed by atoms with E-state index in [0.717, 1.165) is 12.1 Å². The molecule has 146 valence electrons. The highest BCUT2D eigenvalue weighted by atomic mass is 19.4. The first-order chi connectivity index (χ1) is 13.3. The van der Waals surface area contributed by atoms with E-state index < -0.39 is 11.7 Å². The van der Waals surface area contributed by atoms with Gasteiger partial charge in [-0.15, -0.1) is 0 Å². The van der Waals surface area contributed by atoms with Crippen molar-refractivity contribution in [2.24, 2.45) is 0 Å². The molecule has 0 saturated heterocycles. The third kappa shape index (κ3) is 4.30. The van der Waals surface area contributed by atoms with Gasteiger partial charge in [-0.2, -0.15) is 18.3 Å². The highest BCUT2D eigenvalue weighted by Crippen LogP contribution is 2.31. The molecular formula is C19H17F3N4O2. The molecule has 0 saturated carbocycles. The van der Waals surface area contributed by atoms with Crippen LogP contribution < -0.4 is 10.1 Å². The second-order valence-electron chi connectivity index (χ2n) is 6.04. The highest BCUT2D eigenvalue weighted by molar-refractivity contribution is 6.04. The van der Waals surface area contributed by atoms with Crippen molar-refractivity contribution in [3.63, 3.8) is 0 Å². The quantitative estimate of drug-likeness (QED) is 0.709. The van der Waals surface area contributed by atoms with Crippen molar-refractivity contribution in [1.82, 2.24) is 14.8 Å². The van der Waals surface area contributed by atoms with Gasteiger partial charge in [0.05, 0.1) is 28.2 Å². The lowest BCUT2D eigenvalue weighted by atomic mass is 10.2. The van der Waals surface area contributed by atoms with E-state index in [2.05, 4.69) is 15.4 Å². The average molecular weight is 390 g/mol. The van der Waals surface area contributed by atoms with Gasteiger partial charge in [0.2, 0.25) is 0 Å². The number of halogens is 3. The van der Waals surface area contributed by atoms with Gasteiger partial charge in [0.1, 0.15) is 5.75 Å². The van der Waals surface area contributed by atoms with Crippen molar-refractivity contribution in [3.8, 4) is 5.75 Å².